The fourth-order valence-electron chi connectivity index (χ4n) is 5.08. The van der Waals surface area contributed by atoms with Crippen LogP contribution in [0.3, 0.4) is 0 Å². The van der Waals surface area contributed by atoms with Gasteiger partial charge in [-0.2, -0.15) is 0 Å². The maximum absolute atomic E-state index is 14.6. The van der Waals surface area contributed by atoms with Gasteiger partial charge in [0.1, 0.15) is 5.82 Å². The maximum Gasteiger partial charge on any atom is 0.339 e. The number of amides is 1. The molecule has 1 amide bonds. The van der Waals surface area contributed by atoms with Gasteiger partial charge in [0, 0.05) is 36.8 Å². The Kier molecular flexibility index (Phi) is 5.38. The molecule has 4 aromatic rings. The first-order valence-corrected chi connectivity index (χ1v) is 11.7. The summed E-state index contributed by atoms with van der Waals surface area (Å²) < 4.78 is 21.6. The van der Waals surface area contributed by atoms with Crippen LogP contribution in [0, 0.1) is 5.82 Å². The molecule has 7 nitrogen and oxygen atoms in total. The zero-order valence-corrected chi connectivity index (χ0v) is 19.2. The van der Waals surface area contributed by atoms with E-state index >= 15 is 0 Å². The monoisotopic (exact) mass is 483 g/mol. The van der Waals surface area contributed by atoms with Crippen molar-refractivity contribution in [2.24, 2.45) is 0 Å². The quantitative estimate of drug-likeness (QED) is 0.324. The molecule has 0 saturated heterocycles. The van der Waals surface area contributed by atoms with Crippen LogP contribution in [0.4, 0.5) is 4.39 Å². The highest BCUT2D eigenvalue weighted by atomic mass is 19.1. The third-order valence-electron chi connectivity index (χ3n) is 6.79. The molecule has 0 saturated carbocycles. The van der Waals surface area contributed by atoms with Crippen LogP contribution >= 0.6 is 0 Å². The number of hydrogen-bond acceptors (Lipinski definition) is 5. The minimum atomic E-state index is -1.02. The Morgan fingerprint density at radius 3 is 2.61 bits per heavy atom. The second kappa shape index (κ2) is 8.73. The van der Waals surface area contributed by atoms with Crippen molar-refractivity contribution in [1.29, 1.82) is 0 Å². The standard InChI is InChI=1S/C28H22FN3O4/c29-21-10-7-17-8-11-23(33)32-15-22(24(21)25(17)32)30-12-13-31-27(34)26-19-9-6-18(14-20(19)28(35)36-26)16-4-2-1-3-5-16/h1-11,14,22,26,30H,12-13,15H2,(H,31,34)/t22-,26?/m0/s1. The summed E-state index contributed by atoms with van der Waals surface area (Å²) in [6.45, 7) is 0.900. The van der Waals surface area contributed by atoms with Crippen molar-refractivity contribution >= 4 is 22.8 Å². The molecule has 2 aliphatic rings. The predicted octanol–water partition coefficient (Wildman–Crippen LogP) is 3.48. The first-order valence-electron chi connectivity index (χ1n) is 11.7. The van der Waals surface area contributed by atoms with Crippen molar-refractivity contribution in [3.63, 3.8) is 0 Å². The van der Waals surface area contributed by atoms with Gasteiger partial charge in [-0.05, 0) is 40.8 Å². The van der Waals surface area contributed by atoms with Gasteiger partial charge in [-0.1, -0.05) is 42.5 Å². The third-order valence-corrected chi connectivity index (χ3v) is 6.79. The number of aromatic nitrogens is 1. The SMILES string of the molecule is O=C1OC(C(=O)NCCN[C@H]2Cn3c(=O)ccc4ccc(F)c2c43)c2ccc(-c3ccccc3)cc21. The van der Waals surface area contributed by atoms with E-state index in [0.717, 1.165) is 16.5 Å². The molecule has 8 heteroatoms. The number of hydrogen-bond donors (Lipinski definition) is 2. The lowest BCUT2D eigenvalue weighted by Crippen LogP contribution is -2.36. The number of nitrogens with one attached hydrogen (secondary N) is 2. The molecule has 0 radical (unpaired) electrons. The molecule has 36 heavy (non-hydrogen) atoms. The van der Waals surface area contributed by atoms with Crippen molar-refractivity contribution < 1.29 is 18.7 Å². The Morgan fingerprint density at radius 1 is 0.972 bits per heavy atom. The Hall–Kier alpha value is -4.30. The Bertz CT molecular complexity index is 1580. The number of fused-ring (bicyclic) bond motifs is 1. The number of cyclic esters (lactones) is 1. The fraction of sp³-hybridized carbons (Fsp3) is 0.179. The molecule has 0 spiro atoms. The number of carbonyl (C=O) groups is 2. The lowest BCUT2D eigenvalue weighted by Gasteiger charge is -2.16. The summed E-state index contributed by atoms with van der Waals surface area (Å²) in [4.78, 5) is 37.5. The molecule has 3 heterocycles. The van der Waals surface area contributed by atoms with Crippen LogP contribution < -0.4 is 16.2 Å². The summed E-state index contributed by atoms with van der Waals surface area (Å²) in [6.07, 6.45) is -1.02. The first kappa shape index (κ1) is 22.2. The number of carbonyl (C=O) groups excluding carboxylic acids is 2. The molecule has 180 valence electrons. The highest BCUT2D eigenvalue weighted by molar-refractivity contribution is 6.00. The molecule has 3 aromatic carbocycles. The average molecular weight is 483 g/mol. The zero-order valence-electron chi connectivity index (χ0n) is 19.2. The number of rotatable bonds is 6. The molecular formula is C28H22FN3O4. The number of esters is 1. The van der Waals surface area contributed by atoms with Gasteiger partial charge in [0.2, 0.25) is 6.10 Å². The van der Waals surface area contributed by atoms with E-state index in [0.29, 0.717) is 35.3 Å². The van der Waals surface area contributed by atoms with Gasteiger partial charge < -0.3 is 19.9 Å². The molecule has 0 aliphatic carbocycles. The van der Waals surface area contributed by atoms with Crippen molar-refractivity contribution in [3.05, 3.63) is 106 Å². The smallest absolute Gasteiger partial charge is 0.339 e. The molecule has 1 unspecified atom stereocenters. The second-order valence-electron chi connectivity index (χ2n) is 8.93. The predicted molar refractivity (Wildman–Crippen MR) is 132 cm³/mol. The average Bonchev–Trinajstić information content (AvgIpc) is 3.45. The van der Waals surface area contributed by atoms with Gasteiger partial charge in [-0.25, -0.2) is 9.18 Å². The van der Waals surface area contributed by atoms with Crippen LogP contribution in [0.1, 0.15) is 33.6 Å². The largest absolute Gasteiger partial charge is 0.444 e. The third kappa shape index (κ3) is 3.67. The van der Waals surface area contributed by atoms with Crippen molar-refractivity contribution in [3.8, 4) is 11.1 Å². The lowest BCUT2D eigenvalue weighted by atomic mass is 9.98. The summed E-state index contributed by atoms with van der Waals surface area (Å²) in [6, 6.07) is 20.9. The molecule has 1 aromatic heterocycles. The minimum absolute atomic E-state index is 0.177. The number of ether oxygens (including phenoxy) is 1. The zero-order chi connectivity index (χ0) is 24.8. The number of halogens is 1. The van der Waals surface area contributed by atoms with Gasteiger partial charge in [-0.3, -0.25) is 9.59 Å². The van der Waals surface area contributed by atoms with Crippen LogP contribution in [0.5, 0.6) is 0 Å². The van der Waals surface area contributed by atoms with Crippen LogP contribution in [0.15, 0.2) is 77.6 Å². The van der Waals surface area contributed by atoms with Gasteiger partial charge >= 0.3 is 5.97 Å². The summed E-state index contributed by atoms with van der Waals surface area (Å²) in [5.41, 5.74) is 3.64. The first-order chi connectivity index (χ1) is 17.5. The fourth-order valence-corrected chi connectivity index (χ4v) is 5.08. The topological polar surface area (TPSA) is 89.4 Å². The van der Waals surface area contributed by atoms with Crippen LogP contribution in [0.25, 0.3) is 22.0 Å². The van der Waals surface area contributed by atoms with E-state index in [4.69, 9.17) is 4.74 Å². The summed E-state index contributed by atoms with van der Waals surface area (Å²) in [7, 11) is 0. The number of pyridine rings is 1. The van der Waals surface area contributed by atoms with E-state index in [1.54, 1.807) is 28.8 Å². The molecule has 2 N–H and O–H groups in total. The molecule has 6 rings (SSSR count). The van der Waals surface area contributed by atoms with Crippen LogP contribution in [-0.4, -0.2) is 29.5 Å². The number of nitrogens with zero attached hydrogens (tertiary/aromatic N) is 1. The van der Waals surface area contributed by atoms with E-state index < -0.39 is 18.0 Å². The number of benzene rings is 3. The molecule has 2 aliphatic heterocycles. The normalized spacial score (nSPS) is 17.8. The maximum atomic E-state index is 14.6. The molecular weight excluding hydrogens is 461 g/mol. The van der Waals surface area contributed by atoms with Gasteiger partial charge in [0.05, 0.1) is 17.1 Å². The van der Waals surface area contributed by atoms with Crippen molar-refractivity contribution in [2.45, 2.75) is 18.7 Å². The van der Waals surface area contributed by atoms with Crippen molar-refractivity contribution in [1.82, 2.24) is 15.2 Å². The van der Waals surface area contributed by atoms with Gasteiger partial charge in [-0.15, -0.1) is 0 Å². The van der Waals surface area contributed by atoms with Crippen LogP contribution in [0.2, 0.25) is 0 Å². The molecule has 0 bridgehead atoms. The minimum Gasteiger partial charge on any atom is -0.444 e. The van der Waals surface area contributed by atoms with Crippen molar-refractivity contribution in [2.75, 3.05) is 13.1 Å². The molecule has 2 atom stereocenters. The Labute approximate surface area is 205 Å². The van der Waals surface area contributed by atoms with E-state index in [-0.39, 0.29) is 24.0 Å². The van der Waals surface area contributed by atoms with E-state index in [2.05, 4.69) is 10.6 Å². The van der Waals surface area contributed by atoms with Gasteiger partial charge in [0.15, 0.2) is 0 Å². The van der Waals surface area contributed by atoms with Gasteiger partial charge in [0.25, 0.3) is 11.5 Å². The Balaban J connectivity index is 1.11. The second-order valence-corrected chi connectivity index (χ2v) is 8.93. The van der Waals surface area contributed by atoms with E-state index in [1.807, 2.05) is 36.4 Å². The van der Waals surface area contributed by atoms with E-state index in [1.165, 1.54) is 12.1 Å². The Morgan fingerprint density at radius 2 is 1.78 bits per heavy atom. The van der Waals surface area contributed by atoms with E-state index in [9.17, 15) is 18.8 Å². The lowest BCUT2D eigenvalue weighted by molar-refractivity contribution is -0.129. The highest BCUT2D eigenvalue weighted by Gasteiger charge is 2.36. The molecule has 0 fully saturated rings. The highest BCUT2D eigenvalue weighted by Crippen LogP contribution is 2.35. The summed E-state index contributed by atoms with van der Waals surface area (Å²) in [5, 5.41) is 6.83. The van der Waals surface area contributed by atoms with Crippen LogP contribution in [-0.2, 0) is 16.1 Å². The summed E-state index contributed by atoms with van der Waals surface area (Å²) in [5.74, 6) is -1.32. The summed E-state index contributed by atoms with van der Waals surface area (Å²) >= 11 is 0.